The maximum absolute atomic E-state index is 11.6. The molecule has 0 fully saturated rings. The van der Waals surface area contributed by atoms with E-state index < -0.39 is 11.9 Å². The van der Waals surface area contributed by atoms with Gasteiger partial charge in [0.2, 0.25) is 0 Å². The highest BCUT2D eigenvalue weighted by atomic mass is 16.4. The molecule has 2 rings (SSSR count). The van der Waals surface area contributed by atoms with Gasteiger partial charge < -0.3 is 10.2 Å². The number of benzene rings is 2. The maximum atomic E-state index is 11.6. The third-order valence-electron chi connectivity index (χ3n) is 5.24. The molecule has 0 saturated heterocycles. The van der Waals surface area contributed by atoms with Crippen molar-refractivity contribution in [3.63, 3.8) is 0 Å². The third-order valence-corrected chi connectivity index (χ3v) is 5.24. The highest BCUT2D eigenvalue weighted by Gasteiger charge is 2.19. The molecule has 0 aliphatic carbocycles. The molecule has 2 aromatic rings. The van der Waals surface area contributed by atoms with Crippen LogP contribution in [0.1, 0.15) is 68.4 Å². The van der Waals surface area contributed by atoms with E-state index in [-0.39, 0.29) is 18.3 Å². The van der Waals surface area contributed by atoms with Gasteiger partial charge in [0, 0.05) is 12.3 Å². The first-order valence-electron chi connectivity index (χ1n) is 10.1. The number of rotatable bonds is 13. The summed E-state index contributed by atoms with van der Waals surface area (Å²) in [5.74, 6) is -1.61. The van der Waals surface area contributed by atoms with Crippen molar-refractivity contribution in [2.75, 3.05) is 0 Å². The van der Waals surface area contributed by atoms with E-state index >= 15 is 0 Å². The summed E-state index contributed by atoms with van der Waals surface area (Å²) < 4.78 is 0. The van der Waals surface area contributed by atoms with Crippen LogP contribution in [0, 0.1) is 5.92 Å². The van der Waals surface area contributed by atoms with Crippen LogP contribution in [0.2, 0.25) is 0 Å². The molecular formula is C24H30O4. The quantitative estimate of drug-likeness (QED) is 0.434. The minimum Gasteiger partial charge on any atom is -0.481 e. The van der Waals surface area contributed by atoms with Crippen LogP contribution in [-0.2, 0) is 9.59 Å². The lowest BCUT2D eigenvalue weighted by molar-refractivity contribution is -0.142. The van der Waals surface area contributed by atoms with Crippen molar-refractivity contribution in [1.29, 1.82) is 0 Å². The van der Waals surface area contributed by atoms with Crippen molar-refractivity contribution in [1.82, 2.24) is 0 Å². The van der Waals surface area contributed by atoms with Crippen LogP contribution in [0.3, 0.4) is 0 Å². The molecule has 2 N–H and O–H groups in total. The van der Waals surface area contributed by atoms with Crippen LogP contribution >= 0.6 is 0 Å². The van der Waals surface area contributed by atoms with Gasteiger partial charge >= 0.3 is 11.9 Å². The summed E-state index contributed by atoms with van der Waals surface area (Å²) in [4.78, 5) is 22.1. The van der Waals surface area contributed by atoms with E-state index in [0.29, 0.717) is 19.3 Å². The number of carbonyl (C=O) groups is 2. The summed E-state index contributed by atoms with van der Waals surface area (Å²) >= 11 is 0. The molecule has 1 atom stereocenters. The van der Waals surface area contributed by atoms with E-state index in [1.165, 1.54) is 11.1 Å². The summed E-state index contributed by atoms with van der Waals surface area (Å²) in [6.45, 7) is 0. The van der Waals surface area contributed by atoms with Crippen LogP contribution in [-0.4, -0.2) is 22.2 Å². The predicted octanol–water partition coefficient (Wildman–Crippen LogP) is 5.72. The second kappa shape index (κ2) is 12.0. The number of carboxylic acid groups (broad SMARTS) is 2. The Kier molecular flexibility index (Phi) is 9.26. The normalized spacial score (nSPS) is 12.0. The van der Waals surface area contributed by atoms with Gasteiger partial charge in [-0.25, -0.2) is 0 Å². The van der Waals surface area contributed by atoms with Crippen LogP contribution in [0.5, 0.6) is 0 Å². The fraction of sp³-hybridized carbons (Fsp3) is 0.417. The van der Waals surface area contributed by atoms with Gasteiger partial charge in [0.05, 0.1) is 5.92 Å². The predicted molar refractivity (Wildman–Crippen MR) is 110 cm³/mol. The Morgan fingerprint density at radius 3 is 1.71 bits per heavy atom. The molecule has 0 aliphatic heterocycles. The number of hydrogen-bond acceptors (Lipinski definition) is 2. The van der Waals surface area contributed by atoms with Gasteiger partial charge in [0.15, 0.2) is 0 Å². The number of carboxylic acids is 2. The van der Waals surface area contributed by atoms with Gasteiger partial charge in [0.1, 0.15) is 0 Å². The number of hydrogen-bond donors (Lipinski definition) is 2. The summed E-state index contributed by atoms with van der Waals surface area (Å²) in [5, 5.41) is 18.2. The lowest BCUT2D eigenvalue weighted by atomic mass is 9.85. The largest absolute Gasteiger partial charge is 0.481 e. The monoisotopic (exact) mass is 382 g/mol. The zero-order valence-corrected chi connectivity index (χ0v) is 16.3. The second-order valence-corrected chi connectivity index (χ2v) is 7.33. The van der Waals surface area contributed by atoms with E-state index in [1.807, 2.05) is 36.4 Å². The fourth-order valence-electron chi connectivity index (χ4n) is 3.70. The van der Waals surface area contributed by atoms with Crippen LogP contribution < -0.4 is 0 Å². The molecule has 0 heterocycles. The molecule has 150 valence electrons. The second-order valence-electron chi connectivity index (χ2n) is 7.33. The number of unbranched alkanes of at least 4 members (excludes halogenated alkanes) is 2. The first-order valence-corrected chi connectivity index (χ1v) is 10.1. The topological polar surface area (TPSA) is 74.6 Å². The highest BCUT2D eigenvalue weighted by Crippen LogP contribution is 2.31. The summed E-state index contributed by atoms with van der Waals surface area (Å²) in [6.07, 6.45) is 5.36. The maximum Gasteiger partial charge on any atom is 0.306 e. The number of aliphatic carboxylic acids is 2. The van der Waals surface area contributed by atoms with E-state index in [0.717, 1.165) is 25.7 Å². The zero-order valence-electron chi connectivity index (χ0n) is 16.3. The highest BCUT2D eigenvalue weighted by molar-refractivity contribution is 5.69. The Labute approximate surface area is 167 Å². The molecule has 0 saturated carbocycles. The molecular weight excluding hydrogens is 352 g/mol. The lowest BCUT2D eigenvalue weighted by Crippen LogP contribution is -2.14. The molecule has 0 amide bonds. The Hall–Kier alpha value is -2.62. The molecule has 0 bridgehead atoms. The summed E-state index contributed by atoms with van der Waals surface area (Å²) in [5.41, 5.74) is 2.52. The molecule has 4 nitrogen and oxygen atoms in total. The van der Waals surface area contributed by atoms with E-state index in [2.05, 4.69) is 24.3 Å². The molecule has 28 heavy (non-hydrogen) atoms. The minimum absolute atomic E-state index is 0.160. The van der Waals surface area contributed by atoms with Gasteiger partial charge in [-0.1, -0.05) is 79.9 Å². The Bertz CT molecular complexity index is 672. The first kappa shape index (κ1) is 21.7. The molecule has 4 heteroatoms. The SMILES string of the molecule is O=C(O)CCCCCC(CCCC(c1ccccc1)c1ccccc1)C(=O)O. The van der Waals surface area contributed by atoms with E-state index in [9.17, 15) is 14.7 Å². The van der Waals surface area contributed by atoms with Crippen molar-refractivity contribution in [3.8, 4) is 0 Å². The minimum atomic E-state index is -0.789. The van der Waals surface area contributed by atoms with Crippen molar-refractivity contribution in [2.24, 2.45) is 5.92 Å². The van der Waals surface area contributed by atoms with Crippen LogP contribution in [0.25, 0.3) is 0 Å². The molecule has 0 radical (unpaired) electrons. The van der Waals surface area contributed by atoms with E-state index in [1.54, 1.807) is 0 Å². The van der Waals surface area contributed by atoms with Gasteiger partial charge in [-0.3, -0.25) is 9.59 Å². The lowest BCUT2D eigenvalue weighted by Gasteiger charge is -2.19. The van der Waals surface area contributed by atoms with Crippen molar-refractivity contribution in [3.05, 3.63) is 71.8 Å². The van der Waals surface area contributed by atoms with Gasteiger partial charge in [-0.2, -0.15) is 0 Å². The molecule has 1 unspecified atom stereocenters. The molecule has 0 aromatic heterocycles. The van der Waals surface area contributed by atoms with Gasteiger partial charge in [0.25, 0.3) is 0 Å². The standard InChI is InChI=1S/C24H30O4/c25-23(26)18-9-3-8-15-21(24(27)28)16-10-17-22(19-11-4-1-5-12-19)20-13-6-2-7-14-20/h1-2,4-7,11-14,21-22H,3,8-10,15-18H2,(H,25,26)(H,27,28). The Balaban J connectivity index is 1.88. The molecule has 0 spiro atoms. The zero-order chi connectivity index (χ0) is 20.2. The van der Waals surface area contributed by atoms with Crippen LogP contribution in [0.15, 0.2) is 60.7 Å². The summed E-state index contributed by atoms with van der Waals surface area (Å²) in [6, 6.07) is 20.7. The average Bonchev–Trinajstić information content (AvgIpc) is 2.70. The third kappa shape index (κ3) is 7.55. The Morgan fingerprint density at radius 2 is 1.21 bits per heavy atom. The van der Waals surface area contributed by atoms with Crippen molar-refractivity contribution in [2.45, 2.75) is 57.3 Å². The average molecular weight is 383 g/mol. The van der Waals surface area contributed by atoms with Crippen molar-refractivity contribution < 1.29 is 19.8 Å². The summed E-state index contributed by atoms with van der Waals surface area (Å²) in [7, 11) is 0. The molecule has 2 aromatic carbocycles. The van der Waals surface area contributed by atoms with E-state index in [4.69, 9.17) is 5.11 Å². The van der Waals surface area contributed by atoms with Crippen LogP contribution in [0.4, 0.5) is 0 Å². The van der Waals surface area contributed by atoms with Crippen molar-refractivity contribution >= 4 is 11.9 Å². The first-order chi connectivity index (χ1) is 13.6. The van der Waals surface area contributed by atoms with Gasteiger partial charge in [-0.15, -0.1) is 0 Å². The van der Waals surface area contributed by atoms with Gasteiger partial charge in [-0.05, 0) is 36.8 Å². The smallest absolute Gasteiger partial charge is 0.306 e. The Morgan fingerprint density at radius 1 is 0.679 bits per heavy atom. The fourth-order valence-corrected chi connectivity index (χ4v) is 3.70. The molecule has 0 aliphatic rings.